The minimum absolute atomic E-state index is 0.270. The van der Waals surface area contributed by atoms with Crippen molar-refractivity contribution in [3.63, 3.8) is 0 Å². The Morgan fingerprint density at radius 3 is 2.67 bits per heavy atom. The van der Waals surface area contributed by atoms with Gasteiger partial charge in [0.25, 0.3) is 0 Å². The lowest BCUT2D eigenvalue weighted by molar-refractivity contribution is 0.109. The van der Waals surface area contributed by atoms with E-state index >= 15 is 0 Å². The van der Waals surface area contributed by atoms with Crippen molar-refractivity contribution >= 4 is 34.1 Å². The highest BCUT2D eigenvalue weighted by Gasteiger charge is 2.04. The molecule has 2 N–H and O–H groups in total. The van der Waals surface area contributed by atoms with Crippen molar-refractivity contribution in [2.75, 3.05) is 5.73 Å². The molecule has 0 unspecified atom stereocenters. The van der Waals surface area contributed by atoms with Crippen LogP contribution in [0.25, 0.3) is 0 Å². The summed E-state index contributed by atoms with van der Waals surface area (Å²) >= 11 is 4.95. The van der Waals surface area contributed by atoms with E-state index < -0.39 is 0 Å². The van der Waals surface area contributed by atoms with Gasteiger partial charge in [0.2, 0.25) is 5.12 Å². The highest BCUT2D eigenvalue weighted by Crippen LogP contribution is 2.19. The number of nitrogen functional groups attached to an aromatic ring is 1. The predicted octanol–water partition coefficient (Wildman–Crippen LogP) is 1.40. The zero-order chi connectivity index (χ0) is 6.85. The first-order chi connectivity index (χ1) is 4.22. The van der Waals surface area contributed by atoms with Gasteiger partial charge in [0, 0.05) is 0 Å². The second-order valence-electron chi connectivity index (χ2n) is 1.50. The first kappa shape index (κ1) is 6.64. The third-order valence-electron chi connectivity index (χ3n) is 0.926. The number of carbonyl (C=O) groups excluding carboxylic acids is 1. The second-order valence-corrected chi connectivity index (χ2v) is 2.86. The quantitative estimate of drug-likeness (QED) is 0.608. The molecule has 0 saturated carbocycles. The van der Waals surface area contributed by atoms with Gasteiger partial charge in [-0.05, 0) is 11.4 Å². The molecule has 1 aromatic heterocycles. The Hall–Kier alpha value is -0.480. The standard InChI is InChI=1S/C5H5NOS2/c6-4-3(5(7)8)1-2-9-4/h1-2H,6H2,(H,7,8). The molecule has 0 spiro atoms. The van der Waals surface area contributed by atoms with E-state index in [2.05, 4.69) is 12.6 Å². The molecule has 1 rings (SSSR count). The summed E-state index contributed by atoms with van der Waals surface area (Å²) in [4.78, 5) is 10.5. The maximum atomic E-state index is 10.5. The minimum atomic E-state index is -0.270. The van der Waals surface area contributed by atoms with E-state index in [9.17, 15) is 4.79 Å². The zero-order valence-corrected chi connectivity index (χ0v) is 6.21. The smallest absolute Gasteiger partial charge is 0.219 e. The Labute approximate surface area is 62.1 Å². The number of hydrogen-bond donors (Lipinski definition) is 2. The summed E-state index contributed by atoms with van der Waals surface area (Å²) in [7, 11) is 0. The summed E-state index contributed by atoms with van der Waals surface area (Å²) in [5, 5.41) is 2.03. The van der Waals surface area contributed by atoms with Crippen LogP contribution in [0.4, 0.5) is 5.00 Å². The third-order valence-corrected chi connectivity index (χ3v) is 1.91. The zero-order valence-electron chi connectivity index (χ0n) is 4.50. The normalized spacial score (nSPS) is 9.44. The fourth-order valence-electron chi connectivity index (χ4n) is 0.498. The van der Waals surface area contributed by atoms with Crippen molar-refractivity contribution in [1.29, 1.82) is 0 Å². The Morgan fingerprint density at radius 1 is 1.78 bits per heavy atom. The van der Waals surface area contributed by atoms with E-state index in [1.54, 1.807) is 11.4 Å². The first-order valence-electron chi connectivity index (χ1n) is 2.28. The SMILES string of the molecule is Nc1sccc1C(=O)S. The number of rotatable bonds is 1. The lowest BCUT2D eigenvalue weighted by Gasteiger charge is -1.87. The van der Waals surface area contributed by atoms with E-state index in [4.69, 9.17) is 5.73 Å². The van der Waals surface area contributed by atoms with Crippen molar-refractivity contribution in [3.8, 4) is 0 Å². The number of nitrogens with two attached hydrogens (primary N) is 1. The highest BCUT2D eigenvalue weighted by molar-refractivity contribution is 7.97. The fourth-order valence-corrected chi connectivity index (χ4v) is 1.41. The van der Waals surface area contributed by atoms with Crippen LogP contribution in [0.5, 0.6) is 0 Å². The minimum Gasteiger partial charge on any atom is -0.390 e. The Balaban J connectivity index is 3.08. The number of hydrogen-bond acceptors (Lipinski definition) is 3. The average molecular weight is 159 g/mol. The van der Waals surface area contributed by atoms with Gasteiger partial charge in [-0.15, -0.1) is 24.0 Å². The molecule has 0 aliphatic carbocycles. The van der Waals surface area contributed by atoms with Gasteiger partial charge in [-0.2, -0.15) is 0 Å². The van der Waals surface area contributed by atoms with Crippen LogP contribution in [0.15, 0.2) is 11.4 Å². The molecule has 0 fully saturated rings. The molecule has 0 bridgehead atoms. The van der Waals surface area contributed by atoms with Gasteiger partial charge in [-0.1, -0.05) is 0 Å². The number of thiophene rings is 1. The molecule has 0 aliphatic heterocycles. The van der Waals surface area contributed by atoms with E-state index in [0.29, 0.717) is 10.6 Å². The highest BCUT2D eigenvalue weighted by atomic mass is 32.1. The van der Waals surface area contributed by atoms with Crippen molar-refractivity contribution in [2.45, 2.75) is 0 Å². The van der Waals surface area contributed by atoms with Gasteiger partial charge in [0.1, 0.15) is 0 Å². The molecule has 9 heavy (non-hydrogen) atoms. The number of anilines is 1. The molecule has 0 saturated heterocycles. The van der Waals surface area contributed by atoms with Crippen molar-refractivity contribution in [1.82, 2.24) is 0 Å². The van der Waals surface area contributed by atoms with Gasteiger partial charge in [0.05, 0.1) is 10.6 Å². The van der Waals surface area contributed by atoms with Gasteiger partial charge in [0.15, 0.2) is 0 Å². The lowest BCUT2D eigenvalue weighted by atomic mass is 10.3. The second kappa shape index (κ2) is 2.41. The van der Waals surface area contributed by atoms with Gasteiger partial charge in [-0.25, -0.2) is 0 Å². The van der Waals surface area contributed by atoms with Gasteiger partial charge < -0.3 is 5.73 Å². The maximum Gasteiger partial charge on any atom is 0.219 e. The van der Waals surface area contributed by atoms with Crippen molar-refractivity contribution in [3.05, 3.63) is 17.0 Å². The summed E-state index contributed by atoms with van der Waals surface area (Å²) in [6, 6.07) is 1.66. The van der Waals surface area contributed by atoms with Gasteiger partial charge in [-0.3, -0.25) is 4.79 Å². The third kappa shape index (κ3) is 1.25. The molecule has 2 nitrogen and oxygen atoms in total. The van der Waals surface area contributed by atoms with Gasteiger partial charge >= 0.3 is 0 Å². The number of carbonyl (C=O) groups is 1. The van der Waals surface area contributed by atoms with E-state index in [1.165, 1.54) is 11.3 Å². The Morgan fingerprint density at radius 2 is 2.44 bits per heavy atom. The largest absolute Gasteiger partial charge is 0.390 e. The van der Waals surface area contributed by atoms with Crippen LogP contribution < -0.4 is 5.73 Å². The molecule has 0 atom stereocenters. The Bertz CT molecular complexity index is 231. The molecular formula is C5H5NOS2. The predicted molar refractivity (Wildman–Crippen MR) is 42.0 cm³/mol. The molecule has 1 heterocycles. The van der Waals surface area contributed by atoms with Crippen LogP contribution in [0, 0.1) is 0 Å². The average Bonchev–Trinajstić information content (AvgIpc) is 2.13. The fraction of sp³-hybridized carbons (Fsp3) is 0. The molecule has 1 aromatic rings. The molecule has 0 aliphatic rings. The maximum absolute atomic E-state index is 10.5. The van der Waals surface area contributed by atoms with Crippen LogP contribution in [-0.2, 0) is 0 Å². The summed E-state index contributed by atoms with van der Waals surface area (Å²) in [6.45, 7) is 0. The van der Waals surface area contributed by atoms with E-state index in [-0.39, 0.29) is 5.12 Å². The van der Waals surface area contributed by atoms with Crippen LogP contribution in [0.2, 0.25) is 0 Å². The van der Waals surface area contributed by atoms with Crippen LogP contribution in [0.3, 0.4) is 0 Å². The van der Waals surface area contributed by atoms with Crippen LogP contribution in [0.1, 0.15) is 10.4 Å². The molecule has 0 aromatic carbocycles. The lowest BCUT2D eigenvalue weighted by Crippen LogP contribution is -1.90. The molecule has 4 heteroatoms. The van der Waals surface area contributed by atoms with E-state index in [0.717, 1.165) is 0 Å². The summed E-state index contributed by atoms with van der Waals surface area (Å²) in [5.41, 5.74) is 5.89. The Kier molecular flexibility index (Phi) is 1.78. The number of thiol groups is 1. The summed E-state index contributed by atoms with van der Waals surface area (Å²) in [6.07, 6.45) is 0. The first-order valence-corrected chi connectivity index (χ1v) is 3.61. The summed E-state index contributed by atoms with van der Waals surface area (Å²) < 4.78 is 0. The van der Waals surface area contributed by atoms with Crippen LogP contribution in [-0.4, -0.2) is 5.12 Å². The topological polar surface area (TPSA) is 43.1 Å². The summed E-state index contributed by atoms with van der Waals surface area (Å²) in [5.74, 6) is 0. The molecule has 0 radical (unpaired) electrons. The monoisotopic (exact) mass is 159 g/mol. The van der Waals surface area contributed by atoms with Crippen molar-refractivity contribution in [2.24, 2.45) is 0 Å². The molecule has 0 amide bonds. The van der Waals surface area contributed by atoms with Crippen LogP contribution >= 0.6 is 24.0 Å². The van der Waals surface area contributed by atoms with Crippen molar-refractivity contribution < 1.29 is 4.79 Å². The molecular weight excluding hydrogens is 154 g/mol. The molecule has 48 valence electrons. The van der Waals surface area contributed by atoms with E-state index in [1.807, 2.05) is 0 Å².